The molecule has 0 aliphatic carbocycles. The SMILES string of the molecule is Cc1cc(S(=O)(=O)Cl)ccc1C(=O)NCCCS(C)=O. The lowest BCUT2D eigenvalue weighted by atomic mass is 10.1. The van der Waals surface area contributed by atoms with E-state index in [0.29, 0.717) is 29.8 Å². The zero-order chi connectivity index (χ0) is 15.3. The molecule has 1 aromatic carbocycles. The van der Waals surface area contributed by atoms with Crippen LogP contribution < -0.4 is 5.32 Å². The van der Waals surface area contributed by atoms with Crippen molar-refractivity contribution in [2.45, 2.75) is 18.2 Å². The molecule has 0 aliphatic rings. The van der Waals surface area contributed by atoms with Gasteiger partial charge in [-0.3, -0.25) is 9.00 Å². The molecule has 1 unspecified atom stereocenters. The smallest absolute Gasteiger partial charge is 0.261 e. The van der Waals surface area contributed by atoms with Gasteiger partial charge in [0.25, 0.3) is 15.0 Å². The number of carbonyl (C=O) groups is 1. The van der Waals surface area contributed by atoms with Crippen LogP contribution in [0, 0.1) is 6.92 Å². The highest BCUT2D eigenvalue weighted by Crippen LogP contribution is 2.18. The maximum absolute atomic E-state index is 11.9. The normalized spacial score (nSPS) is 12.9. The van der Waals surface area contributed by atoms with Crippen molar-refractivity contribution >= 4 is 36.4 Å². The van der Waals surface area contributed by atoms with Crippen molar-refractivity contribution in [1.29, 1.82) is 0 Å². The maximum atomic E-state index is 11.9. The van der Waals surface area contributed by atoms with Crippen molar-refractivity contribution in [3.05, 3.63) is 29.3 Å². The van der Waals surface area contributed by atoms with E-state index in [1.807, 2.05) is 0 Å². The van der Waals surface area contributed by atoms with E-state index in [1.165, 1.54) is 18.2 Å². The van der Waals surface area contributed by atoms with Crippen LogP contribution in [0.3, 0.4) is 0 Å². The van der Waals surface area contributed by atoms with Crippen LogP contribution in [0.4, 0.5) is 0 Å². The van der Waals surface area contributed by atoms with Crippen molar-refractivity contribution < 1.29 is 17.4 Å². The van der Waals surface area contributed by atoms with Crippen LogP contribution in [0.1, 0.15) is 22.3 Å². The predicted molar refractivity (Wildman–Crippen MR) is 80.1 cm³/mol. The van der Waals surface area contributed by atoms with Crippen LogP contribution in [0.15, 0.2) is 23.1 Å². The number of nitrogens with one attached hydrogen (secondary N) is 1. The van der Waals surface area contributed by atoms with Gasteiger partial charge in [0.2, 0.25) is 0 Å². The number of aryl methyl sites for hydroxylation is 1. The van der Waals surface area contributed by atoms with E-state index in [0.717, 1.165) is 0 Å². The molecule has 8 heteroatoms. The number of carbonyl (C=O) groups excluding carboxylic acids is 1. The first-order valence-corrected chi connectivity index (χ1v) is 9.89. The predicted octanol–water partition coefficient (Wildman–Crippen LogP) is 1.42. The van der Waals surface area contributed by atoms with Gasteiger partial charge in [0, 0.05) is 45.6 Å². The molecule has 1 N–H and O–H groups in total. The van der Waals surface area contributed by atoms with E-state index in [2.05, 4.69) is 5.32 Å². The Labute approximate surface area is 125 Å². The van der Waals surface area contributed by atoms with Gasteiger partial charge < -0.3 is 5.32 Å². The molecule has 0 aromatic heterocycles. The van der Waals surface area contributed by atoms with Gasteiger partial charge in [-0.25, -0.2) is 8.42 Å². The number of amides is 1. The molecule has 0 saturated carbocycles. The zero-order valence-corrected chi connectivity index (χ0v) is 13.6. The molecule has 5 nitrogen and oxygen atoms in total. The number of hydrogen-bond donors (Lipinski definition) is 1. The number of benzene rings is 1. The van der Waals surface area contributed by atoms with E-state index < -0.39 is 19.9 Å². The first-order chi connectivity index (χ1) is 9.21. The van der Waals surface area contributed by atoms with Crippen LogP contribution in [-0.4, -0.2) is 37.1 Å². The van der Waals surface area contributed by atoms with Crippen LogP contribution in [0.25, 0.3) is 0 Å². The highest BCUT2D eigenvalue weighted by Gasteiger charge is 2.14. The highest BCUT2D eigenvalue weighted by atomic mass is 35.7. The van der Waals surface area contributed by atoms with Crippen LogP contribution in [0.5, 0.6) is 0 Å². The third kappa shape index (κ3) is 5.22. The fourth-order valence-electron chi connectivity index (χ4n) is 1.62. The summed E-state index contributed by atoms with van der Waals surface area (Å²) in [5.41, 5.74) is 0.926. The van der Waals surface area contributed by atoms with Gasteiger partial charge >= 0.3 is 0 Å². The molecular weight excluding hydrogens is 322 g/mol. The summed E-state index contributed by atoms with van der Waals surface area (Å²) in [4.78, 5) is 11.9. The summed E-state index contributed by atoms with van der Waals surface area (Å²) in [6, 6.07) is 4.08. The average molecular weight is 338 g/mol. The summed E-state index contributed by atoms with van der Waals surface area (Å²) >= 11 is 0. The fourth-order valence-corrected chi connectivity index (χ4v) is 3.00. The Kier molecular flexibility index (Phi) is 6.16. The highest BCUT2D eigenvalue weighted by molar-refractivity contribution is 8.13. The van der Waals surface area contributed by atoms with Gasteiger partial charge in [0.05, 0.1) is 4.90 Å². The van der Waals surface area contributed by atoms with Gasteiger partial charge in [-0.05, 0) is 37.1 Å². The molecule has 1 atom stereocenters. The lowest BCUT2D eigenvalue weighted by Crippen LogP contribution is -2.26. The molecule has 0 aliphatic heterocycles. The minimum atomic E-state index is -3.79. The molecule has 1 aromatic rings. The minimum absolute atomic E-state index is 0.0328. The van der Waals surface area contributed by atoms with Gasteiger partial charge in [0.15, 0.2) is 0 Å². The van der Waals surface area contributed by atoms with E-state index in [9.17, 15) is 17.4 Å². The summed E-state index contributed by atoms with van der Waals surface area (Å²) in [7, 11) is 0.571. The number of rotatable bonds is 6. The molecule has 0 spiro atoms. The molecule has 112 valence electrons. The molecule has 0 radical (unpaired) electrons. The molecule has 0 fully saturated rings. The van der Waals surface area contributed by atoms with Crippen LogP contribution >= 0.6 is 10.7 Å². The quantitative estimate of drug-likeness (QED) is 0.629. The summed E-state index contributed by atoms with van der Waals surface area (Å²) in [6.45, 7) is 2.06. The minimum Gasteiger partial charge on any atom is -0.352 e. The Bertz CT molecular complexity index is 628. The van der Waals surface area contributed by atoms with Gasteiger partial charge in [0.1, 0.15) is 0 Å². The number of halogens is 1. The fraction of sp³-hybridized carbons (Fsp3) is 0.417. The topological polar surface area (TPSA) is 80.3 Å². The largest absolute Gasteiger partial charge is 0.352 e. The zero-order valence-electron chi connectivity index (χ0n) is 11.2. The molecule has 1 rings (SSSR count). The molecule has 0 bridgehead atoms. The second-order valence-corrected chi connectivity index (χ2v) is 8.42. The second-order valence-electron chi connectivity index (χ2n) is 4.30. The van der Waals surface area contributed by atoms with Gasteiger partial charge in [-0.2, -0.15) is 0 Å². The van der Waals surface area contributed by atoms with Gasteiger partial charge in [-0.1, -0.05) is 0 Å². The van der Waals surface area contributed by atoms with E-state index in [4.69, 9.17) is 10.7 Å². The van der Waals surface area contributed by atoms with Crippen LogP contribution in [0.2, 0.25) is 0 Å². The number of hydrogen-bond acceptors (Lipinski definition) is 4. The van der Waals surface area contributed by atoms with Crippen molar-refractivity contribution in [3.8, 4) is 0 Å². The molecular formula is C12H16ClNO4S2. The van der Waals surface area contributed by atoms with Gasteiger partial charge in [-0.15, -0.1) is 0 Å². The average Bonchev–Trinajstić information content (AvgIpc) is 2.32. The van der Waals surface area contributed by atoms with Crippen molar-refractivity contribution in [3.63, 3.8) is 0 Å². The van der Waals surface area contributed by atoms with Crippen LogP contribution in [-0.2, 0) is 19.9 Å². The Morgan fingerprint density at radius 2 is 2.05 bits per heavy atom. The van der Waals surface area contributed by atoms with Crippen molar-refractivity contribution in [2.24, 2.45) is 0 Å². The second kappa shape index (κ2) is 7.19. The molecule has 1 amide bonds. The maximum Gasteiger partial charge on any atom is 0.261 e. The Morgan fingerprint density at radius 3 is 2.55 bits per heavy atom. The summed E-state index contributed by atoms with van der Waals surface area (Å²) in [5, 5.41) is 2.70. The summed E-state index contributed by atoms with van der Waals surface area (Å²) in [5.74, 6) is 0.241. The lowest BCUT2D eigenvalue weighted by Gasteiger charge is -2.08. The van der Waals surface area contributed by atoms with Crippen molar-refractivity contribution in [1.82, 2.24) is 5.32 Å². The Hall–Kier alpha value is -0.920. The van der Waals surface area contributed by atoms with Crippen molar-refractivity contribution in [2.75, 3.05) is 18.6 Å². The van der Waals surface area contributed by atoms with E-state index >= 15 is 0 Å². The monoisotopic (exact) mass is 337 g/mol. The first-order valence-electron chi connectivity index (χ1n) is 5.85. The standard InChI is InChI=1S/C12H16ClNO4S2/c1-9-8-10(20(13,17)18)4-5-11(9)12(15)14-6-3-7-19(2)16/h4-5,8H,3,6-7H2,1-2H3,(H,14,15). The molecule has 0 heterocycles. The first kappa shape index (κ1) is 17.1. The molecule has 20 heavy (non-hydrogen) atoms. The summed E-state index contributed by atoms with van der Waals surface area (Å²) < 4.78 is 33.2. The lowest BCUT2D eigenvalue weighted by molar-refractivity contribution is 0.0953. The molecule has 0 saturated heterocycles. The van der Waals surface area contributed by atoms with E-state index in [1.54, 1.807) is 13.2 Å². The summed E-state index contributed by atoms with van der Waals surface area (Å²) in [6.07, 6.45) is 2.24. The Balaban J connectivity index is 2.72. The Morgan fingerprint density at radius 1 is 1.40 bits per heavy atom. The third-order valence-electron chi connectivity index (χ3n) is 2.62. The van der Waals surface area contributed by atoms with E-state index in [-0.39, 0.29) is 10.8 Å². The third-order valence-corrected chi connectivity index (χ3v) is 4.83.